The first-order valence-electron chi connectivity index (χ1n) is 12.9. The molecule has 1 aromatic heterocycles. The molecule has 0 N–H and O–H groups in total. The molecule has 5 rings (SSSR count). The van der Waals surface area contributed by atoms with Gasteiger partial charge >= 0.3 is 6.18 Å². The van der Waals surface area contributed by atoms with E-state index >= 15 is 4.39 Å². The van der Waals surface area contributed by atoms with E-state index in [1.807, 2.05) is 51.1 Å². The minimum absolute atomic E-state index is 0.185. The predicted octanol–water partition coefficient (Wildman–Crippen LogP) is 7.69. The third-order valence-electron chi connectivity index (χ3n) is 6.94. The summed E-state index contributed by atoms with van der Waals surface area (Å²) in [5.74, 6) is 0.206. The van der Waals surface area contributed by atoms with E-state index in [0.717, 1.165) is 11.8 Å². The molecule has 4 aromatic rings. The smallest absolute Gasteiger partial charge is 0.310 e. The molecule has 0 spiro atoms. The zero-order chi connectivity index (χ0) is 28.7. The summed E-state index contributed by atoms with van der Waals surface area (Å²) in [5, 5.41) is 5.45. The van der Waals surface area contributed by atoms with Crippen LogP contribution in [0.2, 0.25) is 0 Å². The van der Waals surface area contributed by atoms with Crippen LogP contribution in [0.1, 0.15) is 30.7 Å². The van der Waals surface area contributed by atoms with Gasteiger partial charge in [-0.15, -0.1) is 0 Å². The van der Waals surface area contributed by atoms with Crippen LogP contribution in [0.15, 0.2) is 88.6 Å². The highest BCUT2D eigenvalue weighted by atomic mass is 31.2. The molecule has 11 heteroatoms. The van der Waals surface area contributed by atoms with E-state index in [-0.39, 0.29) is 17.1 Å². The highest BCUT2D eigenvalue weighted by Crippen LogP contribution is 2.62. The largest absolute Gasteiger partial charge is 0.418 e. The molecule has 1 atom stereocenters. The monoisotopic (exact) mass is 568 g/mol. The van der Waals surface area contributed by atoms with Crippen LogP contribution in [0, 0.1) is 12.7 Å². The zero-order valence-corrected chi connectivity index (χ0v) is 23.5. The Kier molecular flexibility index (Phi) is 7.42. The quantitative estimate of drug-likeness (QED) is 0.177. The average molecular weight is 569 g/mol. The first-order valence-corrected chi connectivity index (χ1v) is 14.6. The van der Waals surface area contributed by atoms with Crippen LogP contribution >= 0.6 is 7.36 Å². The van der Waals surface area contributed by atoms with Crippen LogP contribution in [-0.2, 0) is 6.18 Å². The van der Waals surface area contributed by atoms with Crippen LogP contribution in [0.3, 0.4) is 0 Å². The summed E-state index contributed by atoms with van der Waals surface area (Å²) in [6, 6.07) is 20.9. The van der Waals surface area contributed by atoms with Crippen LogP contribution in [0.4, 0.5) is 29.1 Å². The molecule has 40 heavy (non-hydrogen) atoms. The minimum atomic E-state index is -4.61. The maximum absolute atomic E-state index is 15.3. The van der Waals surface area contributed by atoms with Crippen molar-refractivity contribution in [2.45, 2.75) is 26.9 Å². The number of halogens is 4. The second kappa shape index (κ2) is 10.7. The summed E-state index contributed by atoms with van der Waals surface area (Å²) in [5.41, 5.74) is 0.524. The van der Waals surface area contributed by atoms with E-state index in [9.17, 15) is 13.2 Å². The van der Waals surface area contributed by atoms with Gasteiger partial charge in [-0.05, 0) is 43.3 Å². The third kappa shape index (κ3) is 4.55. The lowest BCUT2D eigenvalue weighted by Gasteiger charge is -2.45. The maximum atomic E-state index is 15.3. The van der Waals surface area contributed by atoms with Crippen molar-refractivity contribution in [1.82, 2.24) is 19.1 Å². The van der Waals surface area contributed by atoms with Crippen molar-refractivity contribution < 1.29 is 17.6 Å². The maximum Gasteiger partial charge on any atom is 0.418 e. The van der Waals surface area contributed by atoms with Gasteiger partial charge in [0.15, 0.2) is 13.2 Å². The molecule has 1 aliphatic rings. The molecule has 0 fully saturated rings. The fourth-order valence-corrected chi connectivity index (χ4v) is 9.01. The number of alkyl halides is 3. The number of benzene rings is 3. The predicted molar refractivity (Wildman–Crippen MR) is 152 cm³/mol. The molecule has 0 bridgehead atoms. The molecule has 0 aliphatic carbocycles. The summed E-state index contributed by atoms with van der Waals surface area (Å²) in [6.07, 6.45) is -4.61. The number of fused-ring (bicyclic) bond motifs is 1. The standard InChI is InChI=1S/C29H29F4N6P/c1-5-38(6-2)40(36-25-19-13-11-17-23(25)29(31,32)33)26-20(3)35-39(21-14-8-7-9-15-21)28(26)34-27(37(40)4)22-16-10-12-18-24(22)30/h7-19H,5-6H2,1-4H3. The number of para-hydroxylation sites is 1. The molecular weight excluding hydrogens is 539 g/mol. The number of aliphatic imine (C=N–C) groups is 1. The lowest BCUT2D eigenvalue weighted by atomic mass is 10.2. The highest BCUT2D eigenvalue weighted by Gasteiger charge is 2.45. The van der Waals surface area contributed by atoms with Crippen molar-refractivity contribution >= 4 is 30.0 Å². The molecule has 0 amide bonds. The summed E-state index contributed by atoms with van der Waals surface area (Å²) in [6.45, 7) is 6.66. The molecule has 6 nitrogen and oxygen atoms in total. The minimum Gasteiger partial charge on any atom is -0.310 e. The van der Waals surface area contributed by atoms with Crippen molar-refractivity contribution in [2.24, 2.45) is 9.74 Å². The van der Waals surface area contributed by atoms with Gasteiger partial charge in [0, 0.05) is 20.1 Å². The average Bonchev–Trinajstić information content (AvgIpc) is 3.28. The number of nitrogens with zero attached hydrogens (tertiary/aromatic N) is 6. The van der Waals surface area contributed by atoms with Crippen molar-refractivity contribution in [3.63, 3.8) is 0 Å². The van der Waals surface area contributed by atoms with Gasteiger partial charge in [0.05, 0.1) is 33.5 Å². The van der Waals surface area contributed by atoms with Gasteiger partial charge in [-0.3, -0.25) is 4.67 Å². The van der Waals surface area contributed by atoms with Gasteiger partial charge in [0.2, 0.25) is 0 Å². The SMILES string of the molecule is CCN(CC)P1(=Nc2ccccc2C(F)(F)F)c2c(C)nn(-c3ccccc3)c2N=C(c2ccccc2F)N1C. The van der Waals surface area contributed by atoms with Crippen molar-refractivity contribution in [2.75, 3.05) is 20.1 Å². The first-order chi connectivity index (χ1) is 19.1. The van der Waals surface area contributed by atoms with E-state index in [4.69, 9.17) is 14.8 Å². The summed E-state index contributed by atoms with van der Waals surface area (Å²) in [4.78, 5) is 4.94. The Balaban J connectivity index is 1.96. The van der Waals surface area contributed by atoms with Crippen LogP contribution in [0.25, 0.3) is 5.69 Å². The third-order valence-corrected chi connectivity index (χ3v) is 10.9. The molecule has 208 valence electrons. The number of hydrogen-bond acceptors (Lipinski definition) is 3. The fraction of sp³-hybridized carbons (Fsp3) is 0.241. The van der Waals surface area contributed by atoms with E-state index < -0.39 is 24.9 Å². The Morgan fingerprint density at radius 3 is 2.17 bits per heavy atom. The number of hydrogen-bond donors (Lipinski definition) is 0. The van der Waals surface area contributed by atoms with Crippen LogP contribution in [-0.4, -0.2) is 45.1 Å². The molecular formula is C29H29F4N6P. The Morgan fingerprint density at radius 2 is 1.52 bits per heavy atom. The van der Waals surface area contributed by atoms with Gasteiger partial charge in [-0.25, -0.2) is 18.8 Å². The Morgan fingerprint density at radius 1 is 0.900 bits per heavy atom. The molecule has 3 aromatic carbocycles. The van der Waals surface area contributed by atoms with Crippen molar-refractivity contribution in [3.05, 3.63) is 102 Å². The zero-order valence-electron chi connectivity index (χ0n) is 22.6. The van der Waals surface area contributed by atoms with Crippen molar-refractivity contribution in [1.29, 1.82) is 0 Å². The van der Waals surface area contributed by atoms with E-state index in [2.05, 4.69) is 4.67 Å². The number of aryl methyl sites for hydroxylation is 1. The molecule has 0 radical (unpaired) electrons. The normalized spacial score (nSPS) is 17.1. The van der Waals surface area contributed by atoms with E-state index in [1.54, 1.807) is 40.7 Å². The molecule has 0 saturated heterocycles. The van der Waals surface area contributed by atoms with Crippen molar-refractivity contribution in [3.8, 4) is 5.69 Å². The molecule has 0 saturated carbocycles. The fourth-order valence-electron chi connectivity index (χ4n) is 5.12. The second-order valence-electron chi connectivity index (χ2n) is 9.27. The van der Waals surface area contributed by atoms with E-state index in [0.29, 0.717) is 29.9 Å². The number of amidine groups is 1. The van der Waals surface area contributed by atoms with Gasteiger partial charge < -0.3 is 4.67 Å². The van der Waals surface area contributed by atoms with Gasteiger partial charge in [0.25, 0.3) is 0 Å². The molecule has 2 heterocycles. The van der Waals surface area contributed by atoms with Gasteiger partial charge in [-0.2, -0.15) is 18.3 Å². The lowest BCUT2D eigenvalue weighted by molar-refractivity contribution is -0.137. The first kappa shape index (κ1) is 27.8. The molecule has 1 unspecified atom stereocenters. The Hall–Kier alpha value is -3.75. The highest BCUT2D eigenvalue weighted by molar-refractivity contribution is 7.70. The van der Waals surface area contributed by atoms with Gasteiger partial charge in [0.1, 0.15) is 11.7 Å². The van der Waals surface area contributed by atoms with Crippen LogP contribution < -0.4 is 5.30 Å². The van der Waals surface area contributed by atoms with Gasteiger partial charge in [-0.1, -0.05) is 56.3 Å². The summed E-state index contributed by atoms with van der Waals surface area (Å²) in [7, 11) is -1.53. The Bertz CT molecular complexity index is 1620. The number of aromatic nitrogens is 2. The lowest BCUT2D eigenvalue weighted by Crippen LogP contribution is -2.42. The summed E-state index contributed by atoms with van der Waals surface area (Å²) >= 11 is 0. The topological polar surface area (TPSA) is 49.0 Å². The Labute approximate surface area is 230 Å². The molecule has 1 aliphatic heterocycles. The van der Waals surface area contributed by atoms with E-state index in [1.165, 1.54) is 18.2 Å². The number of rotatable bonds is 6. The summed E-state index contributed by atoms with van der Waals surface area (Å²) < 4.78 is 68.5. The second-order valence-corrected chi connectivity index (χ2v) is 12.2. The van der Waals surface area contributed by atoms with Crippen LogP contribution in [0.5, 0.6) is 0 Å².